The number of unbranched alkanes of at least 4 members (excludes halogenated alkanes) is 1. The Morgan fingerprint density at radius 3 is 2.77 bits per heavy atom. The number of carboxylic acids is 1. The van der Waals surface area contributed by atoms with Crippen molar-refractivity contribution >= 4 is 22.8 Å². The Morgan fingerprint density at radius 1 is 1.36 bits per heavy atom. The number of amides is 1. The largest absolute Gasteiger partial charge is 0.480 e. The maximum Gasteiger partial charge on any atom is 0.326 e. The van der Waals surface area contributed by atoms with Gasteiger partial charge in [-0.25, -0.2) is 4.79 Å². The first kappa shape index (κ1) is 16.0. The second-order valence-electron chi connectivity index (χ2n) is 5.36. The Bertz CT molecular complexity index is 678. The minimum absolute atomic E-state index is 0.0806. The number of rotatable bonds is 7. The van der Waals surface area contributed by atoms with E-state index in [9.17, 15) is 9.59 Å². The van der Waals surface area contributed by atoms with Crippen LogP contribution in [0.2, 0.25) is 0 Å². The van der Waals surface area contributed by atoms with E-state index in [4.69, 9.17) is 5.11 Å². The molecule has 0 radical (unpaired) electrons. The van der Waals surface area contributed by atoms with Crippen molar-refractivity contribution < 1.29 is 14.7 Å². The molecule has 1 unspecified atom stereocenters. The maximum absolute atomic E-state index is 12.1. The Morgan fingerprint density at radius 2 is 2.09 bits per heavy atom. The quantitative estimate of drug-likeness (QED) is 0.818. The molecule has 0 aliphatic carbocycles. The summed E-state index contributed by atoms with van der Waals surface area (Å²) in [6.45, 7) is 1.99. The van der Waals surface area contributed by atoms with E-state index in [2.05, 4.69) is 10.4 Å². The maximum atomic E-state index is 12.1. The minimum Gasteiger partial charge on any atom is -0.480 e. The number of hydrogen-bond acceptors (Lipinski definition) is 3. The third-order valence-corrected chi connectivity index (χ3v) is 3.64. The highest BCUT2D eigenvalue weighted by atomic mass is 16.4. The summed E-state index contributed by atoms with van der Waals surface area (Å²) in [5.74, 6) is -1.31. The van der Waals surface area contributed by atoms with Gasteiger partial charge >= 0.3 is 5.97 Å². The molecule has 1 aromatic heterocycles. The number of carboxylic acid groups (broad SMARTS) is 1. The van der Waals surface area contributed by atoms with Crippen LogP contribution in [-0.4, -0.2) is 32.8 Å². The van der Waals surface area contributed by atoms with Crippen LogP contribution in [0.25, 0.3) is 10.9 Å². The first-order valence-electron chi connectivity index (χ1n) is 7.45. The van der Waals surface area contributed by atoms with E-state index in [1.54, 1.807) is 4.68 Å². The molecular formula is C16H21N3O3. The number of hydrogen-bond donors (Lipinski definition) is 2. The molecule has 1 heterocycles. The van der Waals surface area contributed by atoms with E-state index in [1.807, 2.05) is 38.2 Å². The van der Waals surface area contributed by atoms with Crippen molar-refractivity contribution in [1.29, 1.82) is 0 Å². The van der Waals surface area contributed by atoms with Crippen LogP contribution in [0.3, 0.4) is 0 Å². The molecule has 6 heteroatoms. The highest BCUT2D eigenvalue weighted by molar-refractivity contribution is 5.89. The third kappa shape index (κ3) is 3.63. The number of fused-ring (bicyclic) bond motifs is 1. The minimum atomic E-state index is -0.993. The van der Waals surface area contributed by atoms with Crippen LogP contribution in [0, 0.1) is 0 Å². The zero-order valence-corrected chi connectivity index (χ0v) is 12.9. The molecule has 22 heavy (non-hydrogen) atoms. The van der Waals surface area contributed by atoms with Crippen molar-refractivity contribution in [2.75, 3.05) is 0 Å². The Balaban J connectivity index is 2.08. The van der Waals surface area contributed by atoms with Gasteiger partial charge in [0.15, 0.2) is 0 Å². The van der Waals surface area contributed by atoms with Crippen LogP contribution in [0.4, 0.5) is 0 Å². The van der Waals surface area contributed by atoms with Crippen molar-refractivity contribution in [3.8, 4) is 0 Å². The summed E-state index contributed by atoms with van der Waals surface area (Å²) in [6.07, 6.45) is 2.19. The fraction of sp³-hybridized carbons (Fsp3) is 0.438. The Kier molecular flexibility index (Phi) is 5.14. The number of nitrogens with one attached hydrogen (secondary N) is 1. The summed E-state index contributed by atoms with van der Waals surface area (Å²) >= 11 is 0. The Labute approximate surface area is 129 Å². The zero-order chi connectivity index (χ0) is 16.1. The van der Waals surface area contributed by atoms with Gasteiger partial charge in [-0.3, -0.25) is 9.48 Å². The summed E-state index contributed by atoms with van der Waals surface area (Å²) in [7, 11) is 1.82. The van der Waals surface area contributed by atoms with Crippen molar-refractivity contribution in [2.45, 2.75) is 38.6 Å². The normalized spacial score (nSPS) is 12.3. The van der Waals surface area contributed by atoms with Crippen LogP contribution >= 0.6 is 0 Å². The van der Waals surface area contributed by atoms with E-state index in [0.717, 1.165) is 23.7 Å². The summed E-state index contributed by atoms with van der Waals surface area (Å²) in [5.41, 5.74) is 1.61. The van der Waals surface area contributed by atoms with Crippen LogP contribution in [0.15, 0.2) is 24.3 Å². The molecule has 2 N–H and O–H groups in total. The van der Waals surface area contributed by atoms with Crippen molar-refractivity contribution in [2.24, 2.45) is 7.05 Å². The molecule has 2 rings (SSSR count). The number of benzene rings is 1. The predicted octanol–water partition coefficient (Wildman–Crippen LogP) is 1.88. The molecular weight excluding hydrogens is 282 g/mol. The second kappa shape index (κ2) is 7.06. The third-order valence-electron chi connectivity index (χ3n) is 3.64. The fourth-order valence-corrected chi connectivity index (χ4v) is 2.48. The molecule has 0 saturated carbocycles. The molecule has 1 atom stereocenters. The predicted molar refractivity (Wildman–Crippen MR) is 83.5 cm³/mol. The van der Waals surface area contributed by atoms with Gasteiger partial charge < -0.3 is 10.4 Å². The van der Waals surface area contributed by atoms with Crippen LogP contribution < -0.4 is 5.32 Å². The smallest absolute Gasteiger partial charge is 0.326 e. The van der Waals surface area contributed by atoms with Gasteiger partial charge in [-0.05, 0) is 12.5 Å². The van der Waals surface area contributed by atoms with Crippen molar-refractivity contribution in [1.82, 2.24) is 15.1 Å². The summed E-state index contributed by atoms with van der Waals surface area (Å²) < 4.78 is 1.73. The first-order chi connectivity index (χ1) is 10.5. The first-order valence-corrected chi connectivity index (χ1v) is 7.45. The van der Waals surface area contributed by atoms with Gasteiger partial charge in [0.2, 0.25) is 5.91 Å². The van der Waals surface area contributed by atoms with Crippen LogP contribution in [-0.2, 0) is 23.1 Å². The standard InChI is InChI=1S/C16H21N3O3/c1-3-4-8-12(16(21)22)17-15(20)10-13-11-7-5-6-9-14(11)19(2)18-13/h5-7,9,12H,3-4,8,10H2,1-2H3,(H,17,20)(H,21,22). The highest BCUT2D eigenvalue weighted by Gasteiger charge is 2.20. The topological polar surface area (TPSA) is 84.2 Å². The van der Waals surface area contributed by atoms with Crippen molar-refractivity contribution in [3.63, 3.8) is 0 Å². The number of carbonyl (C=O) groups excluding carboxylic acids is 1. The molecule has 0 aliphatic rings. The molecule has 1 amide bonds. The second-order valence-corrected chi connectivity index (χ2v) is 5.36. The van der Waals surface area contributed by atoms with E-state index >= 15 is 0 Å². The number of carbonyl (C=O) groups is 2. The zero-order valence-electron chi connectivity index (χ0n) is 12.9. The van der Waals surface area contributed by atoms with Gasteiger partial charge in [-0.1, -0.05) is 38.0 Å². The molecule has 2 aromatic rings. The molecule has 6 nitrogen and oxygen atoms in total. The van der Waals surface area contributed by atoms with Crippen LogP contribution in [0.1, 0.15) is 31.9 Å². The molecule has 1 aromatic carbocycles. The highest BCUT2D eigenvalue weighted by Crippen LogP contribution is 2.17. The molecule has 0 bridgehead atoms. The summed E-state index contributed by atoms with van der Waals surface area (Å²) in [5, 5.41) is 17.0. The average Bonchev–Trinajstić information content (AvgIpc) is 2.80. The SMILES string of the molecule is CCCCC(NC(=O)Cc1nn(C)c2ccccc12)C(=O)O. The number of para-hydroxylation sites is 1. The monoisotopic (exact) mass is 303 g/mol. The van der Waals surface area contributed by atoms with Crippen LogP contribution in [0.5, 0.6) is 0 Å². The molecule has 0 fully saturated rings. The summed E-state index contributed by atoms with van der Waals surface area (Å²) in [4.78, 5) is 23.3. The average molecular weight is 303 g/mol. The molecule has 0 saturated heterocycles. The van der Waals surface area contributed by atoms with Gasteiger partial charge in [0.05, 0.1) is 17.6 Å². The molecule has 0 spiro atoms. The number of aromatic nitrogens is 2. The van der Waals surface area contributed by atoms with Gasteiger partial charge in [-0.2, -0.15) is 5.10 Å². The summed E-state index contributed by atoms with van der Waals surface area (Å²) in [6, 6.07) is 6.83. The van der Waals surface area contributed by atoms with E-state index < -0.39 is 12.0 Å². The van der Waals surface area contributed by atoms with E-state index in [-0.39, 0.29) is 12.3 Å². The lowest BCUT2D eigenvalue weighted by atomic mass is 10.1. The lowest BCUT2D eigenvalue weighted by Gasteiger charge is -2.13. The van der Waals surface area contributed by atoms with E-state index in [0.29, 0.717) is 12.1 Å². The fourth-order valence-electron chi connectivity index (χ4n) is 2.48. The molecule has 118 valence electrons. The Hall–Kier alpha value is -2.37. The van der Waals surface area contributed by atoms with Crippen molar-refractivity contribution in [3.05, 3.63) is 30.0 Å². The number of aryl methyl sites for hydroxylation is 1. The van der Waals surface area contributed by atoms with Gasteiger partial charge in [0.25, 0.3) is 0 Å². The van der Waals surface area contributed by atoms with Gasteiger partial charge in [-0.15, -0.1) is 0 Å². The molecule has 0 aliphatic heterocycles. The number of nitrogens with zero attached hydrogens (tertiary/aromatic N) is 2. The lowest BCUT2D eigenvalue weighted by molar-refractivity contribution is -0.142. The lowest BCUT2D eigenvalue weighted by Crippen LogP contribution is -2.41. The van der Waals surface area contributed by atoms with E-state index in [1.165, 1.54) is 0 Å². The number of aliphatic carboxylic acids is 1. The van der Waals surface area contributed by atoms with Gasteiger partial charge in [0, 0.05) is 12.4 Å². The van der Waals surface area contributed by atoms with Gasteiger partial charge in [0.1, 0.15) is 6.04 Å².